The Hall–Kier alpha value is -0.670. The van der Waals surface area contributed by atoms with E-state index in [0.29, 0.717) is 13.2 Å². The molecule has 1 rings (SSSR count). The van der Waals surface area contributed by atoms with Crippen molar-refractivity contribution in [2.75, 3.05) is 19.0 Å². The van der Waals surface area contributed by atoms with Crippen LogP contribution in [0.5, 0.6) is 5.75 Å². The van der Waals surface area contributed by atoms with Gasteiger partial charge in [0.25, 0.3) is 0 Å². The zero-order chi connectivity index (χ0) is 13.1. The van der Waals surface area contributed by atoms with Crippen molar-refractivity contribution in [2.45, 2.75) is 39.2 Å². The summed E-state index contributed by atoms with van der Waals surface area (Å²) in [5.41, 5.74) is 1.18. The van der Waals surface area contributed by atoms with Gasteiger partial charge in [0.1, 0.15) is 5.75 Å². The number of benzene rings is 1. The molecule has 0 saturated carbocycles. The highest BCUT2D eigenvalue weighted by atomic mass is 32.1. The smallest absolute Gasteiger partial charge is 0.119 e. The largest absolute Gasteiger partial charge is 0.494 e. The summed E-state index contributed by atoms with van der Waals surface area (Å²) in [5, 5.41) is 0. The van der Waals surface area contributed by atoms with Crippen LogP contribution in [0.25, 0.3) is 0 Å². The molecule has 0 aliphatic carbocycles. The average Bonchev–Trinajstić information content (AvgIpc) is 2.40. The van der Waals surface area contributed by atoms with Crippen LogP contribution in [0, 0.1) is 0 Å². The fourth-order valence-electron chi connectivity index (χ4n) is 1.66. The lowest BCUT2D eigenvalue weighted by atomic mass is 10.2. The van der Waals surface area contributed by atoms with Gasteiger partial charge in [0.2, 0.25) is 0 Å². The zero-order valence-electron chi connectivity index (χ0n) is 11.2. The molecule has 0 spiro atoms. The molecule has 18 heavy (non-hydrogen) atoms. The molecule has 0 radical (unpaired) electrons. The standard InChI is InChI=1S/C15H24O2S/c1-2-3-4-5-10-17-15-8-6-14(7-9-15)13-16-11-12-18/h6-9,18H,2-5,10-13H2,1H3. The first kappa shape index (κ1) is 15.4. The van der Waals surface area contributed by atoms with E-state index in [2.05, 4.69) is 31.7 Å². The Morgan fingerprint density at radius 1 is 1.00 bits per heavy atom. The van der Waals surface area contributed by atoms with E-state index in [9.17, 15) is 0 Å². The van der Waals surface area contributed by atoms with E-state index in [0.717, 1.165) is 24.5 Å². The third-order valence-electron chi connectivity index (χ3n) is 2.69. The van der Waals surface area contributed by atoms with Gasteiger partial charge in [-0.1, -0.05) is 38.3 Å². The molecule has 0 heterocycles. The third kappa shape index (κ3) is 6.92. The van der Waals surface area contributed by atoms with E-state index in [1.54, 1.807) is 0 Å². The summed E-state index contributed by atoms with van der Waals surface area (Å²) in [4.78, 5) is 0. The summed E-state index contributed by atoms with van der Waals surface area (Å²) in [6.45, 7) is 4.38. The Kier molecular flexibility index (Phi) is 8.78. The van der Waals surface area contributed by atoms with Crippen molar-refractivity contribution < 1.29 is 9.47 Å². The number of ether oxygens (including phenoxy) is 2. The molecule has 1 aromatic rings. The summed E-state index contributed by atoms with van der Waals surface area (Å²) in [7, 11) is 0. The maximum absolute atomic E-state index is 5.68. The van der Waals surface area contributed by atoms with Gasteiger partial charge in [-0.3, -0.25) is 0 Å². The molecule has 0 fully saturated rings. The maximum atomic E-state index is 5.68. The van der Waals surface area contributed by atoms with Crippen molar-refractivity contribution in [1.82, 2.24) is 0 Å². The van der Waals surface area contributed by atoms with Crippen molar-refractivity contribution in [3.8, 4) is 5.75 Å². The van der Waals surface area contributed by atoms with Crippen molar-refractivity contribution in [1.29, 1.82) is 0 Å². The van der Waals surface area contributed by atoms with Gasteiger partial charge >= 0.3 is 0 Å². The second-order valence-corrected chi connectivity index (χ2v) is 4.78. The van der Waals surface area contributed by atoms with Gasteiger partial charge < -0.3 is 9.47 Å². The molecule has 3 heteroatoms. The minimum absolute atomic E-state index is 0.650. The highest BCUT2D eigenvalue weighted by Gasteiger charge is 1.96. The molecule has 1 aromatic carbocycles. The third-order valence-corrected chi connectivity index (χ3v) is 2.88. The predicted molar refractivity (Wildman–Crippen MR) is 79.6 cm³/mol. The molecule has 0 N–H and O–H groups in total. The van der Waals surface area contributed by atoms with E-state index in [4.69, 9.17) is 9.47 Å². The van der Waals surface area contributed by atoms with Crippen molar-refractivity contribution >= 4 is 12.6 Å². The van der Waals surface area contributed by atoms with Crippen LogP contribution in [-0.4, -0.2) is 19.0 Å². The zero-order valence-corrected chi connectivity index (χ0v) is 12.1. The molecule has 0 unspecified atom stereocenters. The molecule has 0 aliphatic rings. The van der Waals surface area contributed by atoms with Crippen LogP contribution in [0.3, 0.4) is 0 Å². The summed E-state index contributed by atoms with van der Waals surface area (Å²) in [5.74, 6) is 1.71. The van der Waals surface area contributed by atoms with Crippen molar-refractivity contribution in [2.24, 2.45) is 0 Å². The average molecular weight is 268 g/mol. The minimum atomic E-state index is 0.650. The summed E-state index contributed by atoms with van der Waals surface area (Å²) < 4.78 is 11.1. The van der Waals surface area contributed by atoms with Gasteiger partial charge in [0, 0.05) is 5.75 Å². The Labute approximate surface area is 116 Å². The second kappa shape index (κ2) is 10.3. The number of thiol groups is 1. The first-order valence-electron chi connectivity index (χ1n) is 6.77. The molecule has 102 valence electrons. The molecular weight excluding hydrogens is 244 g/mol. The fourth-order valence-corrected chi connectivity index (χ4v) is 1.78. The van der Waals surface area contributed by atoms with Crippen LogP contribution in [-0.2, 0) is 11.3 Å². The first-order valence-corrected chi connectivity index (χ1v) is 7.40. The topological polar surface area (TPSA) is 18.5 Å². The molecule has 0 aliphatic heterocycles. The SMILES string of the molecule is CCCCCCOc1ccc(COCCS)cc1. The van der Waals surface area contributed by atoms with Crippen LogP contribution in [0.2, 0.25) is 0 Å². The van der Waals surface area contributed by atoms with E-state index in [1.165, 1.54) is 24.8 Å². The van der Waals surface area contributed by atoms with Crippen LogP contribution >= 0.6 is 12.6 Å². The van der Waals surface area contributed by atoms with E-state index in [1.807, 2.05) is 12.1 Å². The van der Waals surface area contributed by atoms with E-state index in [-0.39, 0.29) is 0 Å². The van der Waals surface area contributed by atoms with Crippen LogP contribution < -0.4 is 4.74 Å². The molecule has 0 bridgehead atoms. The van der Waals surface area contributed by atoms with Crippen LogP contribution in [0.15, 0.2) is 24.3 Å². The van der Waals surface area contributed by atoms with Crippen molar-refractivity contribution in [3.05, 3.63) is 29.8 Å². The number of rotatable bonds is 10. The molecular formula is C15H24O2S. The van der Waals surface area contributed by atoms with Gasteiger partial charge in [-0.2, -0.15) is 12.6 Å². The lowest BCUT2D eigenvalue weighted by Gasteiger charge is -2.07. The molecule has 0 saturated heterocycles. The Morgan fingerprint density at radius 2 is 1.78 bits per heavy atom. The molecule has 0 atom stereocenters. The summed E-state index contributed by atoms with van der Waals surface area (Å²) in [6, 6.07) is 8.14. The van der Waals surface area contributed by atoms with E-state index < -0.39 is 0 Å². The molecule has 0 aromatic heterocycles. The first-order chi connectivity index (χ1) is 8.86. The van der Waals surface area contributed by atoms with Gasteiger partial charge in [0.05, 0.1) is 19.8 Å². The summed E-state index contributed by atoms with van der Waals surface area (Å²) >= 11 is 4.10. The lowest BCUT2D eigenvalue weighted by molar-refractivity contribution is 0.136. The van der Waals surface area contributed by atoms with Crippen molar-refractivity contribution in [3.63, 3.8) is 0 Å². The van der Waals surface area contributed by atoms with Gasteiger partial charge in [-0.25, -0.2) is 0 Å². The highest BCUT2D eigenvalue weighted by Crippen LogP contribution is 2.13. The number of unbranched alkanes of at least 4 members (excludes halogenated alkanes) is 3. The molecule has 2 nitrogen and oxygen atoms in total. The minimum Gasteiger partial charge on any atom is -0.494 e. The fraction of sp³-hybridized carbons (Fsp3) is 0.600. The Morgan fingerprint density at radius 3 is 2.44 bits per heavy atom. The van der Waals surface area contributed by atoms with Crippen LogP contribution in [0.4, 0.5) is 0 Å². The number of hydrogen-bond donors (Lipinski definition) is 1. The van der Waals surface area contributed by atoms with Gasteiger partial charge in [-0.15, -0.1) is 0 Å². The quantitative estimate of drug-likeness (QED) is 0.509. The Bertz CT molecular complexity index is 298. The van der Waals surface area contributed by atoms with Gasteiger partial charge in [0.15, 0.2) is 0 Å². The maximum Gasteiger partial charge on any atom is 0.119 e. The monoisotopic (exact) mass is 268 g/mol. The van der Waals surface area contributed by atoms with E-state index >= 15 is 0 Å². The lowest BCUT2D eigenvalue weighted by Crippen LogP contribution is -1.98. The van der Waals surface area contributed by atoms with Gasteiger partial charge in [-0.05, 0) is 24.1 Å². The number of hydrogen-bond acceptors (Lipinski definition) is 3. The normalized spacial score (nSPS) is 10.6. The van der Waals surface area contributed by atoms with Crippen LogP contribution in [0.1, 0.15) is 38.2 Å². The highest BCUT2D eigenvalue weighted by molar-refractivity contribution is 7.80. The Balaban J connectivity index is 2.19. The second-order valence-electron chi connectivity index (χ2n) is 4.33. The predicted octanol–water partition coefficient (Wildman–Crippen LogP) is 4.09. The summed E-state index contributed by atoms with van der Waals surface area (Å²) in [6.07, 6.45) is 4.96. The molecule has 0 amide bonds.